The Balaban J connectivity index is 2.28. The molecule has 0 aliphatic carbocycles. The monoisotopic (exact) mass is 258 g/mol. The minimum absolute atomic E-state index is 0.269. The van der Waals surface area contributed by atoms with Gasteiger partial charge in [-0.3, -0.25) is 4.79 Å². The summed E-state index contributed by atoms with van der Waals surface area (Å²) in [6, 6.07) is 9.75. The van der Waals surface area contributed by atoms with E-state index in [-0.39, 0.29) is 11.5 Å². The Labute approximate surface area is 111 Å². The molecule has 0 bridgehead atoms. The molecular formula is C15H15FN2O. The molecule has 0 heterocycles. The van der Waals surface area contributed by atoms with Gasteiger partial charge in [-0.2, -0.15) is 0 Å². The molecule has 4 heteroatoms. The number of hydrogen-bond donors (Lipinski definition) is 2. The quantitative estimate of drug-likeness (QED) is 0.812. The fourth-order valence-electron chi connectivity index (χ4n) is 1.78. The molecule has 19 heavy (non-hydrogen) atoms. The van der Waals surface area contributed by atoms with Crippen molar-refractivity contribution in [1.29, 1.82) is 0 Å². The van der Waals surface area contributed by atoms with Crippen molar-refractivity contribution in [2.75, 3.05) is 11.1 Å². The number of nitrogens with two attached hydrogens (primary N) is 1. The van der Waals surface area contributed by atoms with E-state index in [1.807, 2.05) is 19.1 Å². The van der Waals surface area contributed by atoms with Gasteiger partial charge in [0.25, 0.3) is 5.91 Å². The average molecular weight is 258 g/mol. The summed E-state index contributed by atoms with van der Waals surface area (Å²) >= 11 is 0. The molecule has 0 radical (unpaired) electrons. The van der Waals surface area contributed by atoms with Gasteiger partial charge in [-0.1, -0.05) is 18.2 Å². The lowest BCUT2D eigenvalue weighted by atomic mass is 10.1. The number of benzene rings is 2. The van der Waals surface area contributed by atoms with E-state index in [1.54, 1.807) is 25.1 Å². The second-order valence-electron chi connectivity index (χ2n) is 4.46. The van der Waals surface area contributed by atoms with Crippen LogP contribution in [0.5, 0.6) is 0 Å². The molecule has 1 amide bonds. The third kappa shape index (κ3) is 2.73. The molecule has 0 aromatic heterocycles. The summed E-state index contributed by atoms with van der Waals surface area (Å²) in [5, 5.41) is 2.71. The molecule has 0 aliphatic heterocycles. The summed E-state index contributed by atoms with van der Waals surface area (Å²) in [6.07, 6.45) is 0. The Hall–Kier alpha value is -2.36. The van der Waals surface area contributed by atoms with Crippen molar-refractivity contribution in [2.45, 2.75) is 13.8 Å². The van der Waals surface area contributed by atoms with Crippen molar-refractivity contribution in [3.63, 3.8) is 0 Å². The highest BCUT2D eigenvalue weighted by atomic mass is 19.1. The molecule has 2 aromatic rings. The van der Waals surface area contributed by atoms with Crippen molar-refractivity contribution in [1.82, 2.24) is 0 Å². The fraction of sp³-hybridized carbons (Fsp3) is 0.133. The number of nitrogen functional groups attached to an aromatic ring is 1. The van der Waals surface area contributed by atoms with Crippen molar-refractivity contribution >= 4 is 17.3 Å². The number of carbonyl (C=O) groups is 1. The summed E-state index contributed by atoms with van der Waals surface area (Å²) < 4.78 is 13.4. The number of aryl methyl sites for hydroxylation is 2. The van der Waals surface area contributed by atoms with Crippen LogP contribution in [0.2, 0.25) is 0 Å². The Morgan fingerprint density at radius 1 is 1.16 bits per heavy atom. The fourth-order valence-corrected chi connectivity index (χ4v) is 1.78. The van der Waals surface area contributed by atoms with Crippen LogP contribution >= 0.6 is 0 Å². The predicted octanol–water partition coefficient (Wildman–Crippen LogP) is 3.28. The van der Waals surface area contributed by atoms with Crippen molar-refractivity contribution in [3.05, 3.63) is 58.9 Å². The van der Waals surface area contributed by atoms with Crippen LogP contribution in [-0.2, 0) is 0 Å². The van der Waals surface area contributed by atoms with Crippen LogP contribution in [0.1, 0.15) is 21.5 Å². The Kier molecular flexibility index (Phi) is 3.51. The smallest absolute Gasteiger partial charge is 0.255 e. The van der Waals surface area contributed by atoms with E-state index in [1.165, 1.54) is 6.07 Å². The molecule has 0 aliphatic rings. The summed E-state index contributed by atoms with van der Waals surface area (Å²) in [7, 11) is 0. The molecule has 3 nitrogen and oxygen atoms in total. The molecule has 0 saturated heterocycles. The Morgan fingerprint density at radius 2 is 1.89 bits per heavy atom. The summed E-state index contributed by atoms with van der Waals surface area (Å²) in [6.45, 7) is 3.50. The lowest BCUT2D eigenvalue weighted by molar-refractivity contribution is 0.102. The van der Waals surface area contributed by atoms with Gasteiger partial charge in [0.05, 0.1) is 11.4 Å². The third-order valence-electron chi connectivity index (χ3n) is 2.98. The normalized spacial score (nSPS) is 10.3. The van der Waals surface area contributed by atoms with E-state index >= 15 is 0 Å². The number of nitrogens with one attached hydrogen (secondary N) is 1. The standard InChI is InChI=1S/C15H15FN2O/c1-9-6-7-11(8-12(9)16)15(19)18-14-10(2)4-3-5-13(14)17/h3-8H,17H2,1-2H3,(H,18,19). The average Bonchev–Trinajstić information content (AvgIpc) is 2.37. The highest BCUT2D eigenvalue weighted by Crippen LogP contribution is 2.23. The maximum Gasteiger partial charge on any atom is 0.255 e. The molecule has 0 spiro atoms. The number of anilines is 2. The zero-order chi connectivity index (χ0) is 14.0. The summed E-state index contributed by atoms with van der Waals surface area (Å²) in [5.74, 6) is -0.773. The van der Waals surface area contributed by atoms with Crippen molar-refractivity contribution in [3.8, 4) is 0 Å². The molecule has 2 aromatic carbocycles. The van der Waals surface area contributed by atoms with Gasteiger partial charge >= 0.3 is 0 Å². The zero-order valence-electron chi connectivity index (χ0n) is 10.8. The van der Waals surface area contributed by atoms with Gasteiger partial charge in [-0.05, 0) is 43.2 Å². The van der Waals surface area contributed by atoms with E-state index in [4.69, 9.17) is 5.73 Å². The van der Waals surface area contributed by atoms with Crippen LogP contribution < -0.4 is 11.1 Å². The Bertz CT molecular complexity index is 618. The lowest BCUT2D eigenvalue weighted by Gasteiger charge is -2.11. The van der Waals surface area contributed by atoms with Gasteiger partial charge in [0.1, 0.15) is 5.82 Å². The van der Waals surface area contributed by atoms with E-state index in [2.05, 4.69) is 5.32 Å². The summed E-state index contributed by atoms with van der Waals surface area (Å²) in [4.78, 5) is 12.0. The molecule has 3 N–H and O–H groups in total. The molecular weight excluding hydrogens is 243 g/mol. The zero-order valence-corrected chi connectivity index (χ0v) is 10.8. The van der Waals surface area contributed by atoms with Gasteiger partial charge in [-0.15, -0.1) is 0 Å². The number of amides is 1. The first-order valence-electron chi connectivity index (χ1n) is 5.91. The predicted molar refractivity (Wildman–Crippen MR) is 74.7 cm³/mol. The second-order valence-corrected chi connectivity index (χ2v) is 4.46. The maximum atomic E-state index is 13.4. The molecule has 98 valence electrons. The highest BCUT2D eigenvalue weighted by Gasteiger charge is 2.11. The molecule has 2 rings (SSSR count). The third-order valence-corrected chi connectivity index (χ3v) is 2.98. The van der Waals surface area contributed by atoms with Crippen LogP contribution in [0.25, 0.3) is 0 Å². The first kappa shape index (κ1) is 13.1. The number of carbonyl (C=O) groups excluding carboxylic acids is 1. The topological polar surface area (TPSA) is 55.1 Å². The van der Waals surface area contributed by atoms with Gasteiger partial charge in [0, 0.05) is 5.56 Å². The van der Waals surface area contributed by atoms with Crippen molar-refractivity contribution in [2.24, 2.45) is 0 Å². The lowest BCUT2D eigenvalue weighted by Crippen LogP contribution is -2.14. The molecule has 0 saturated carbocycles. The van der Waals surface area contributed by atoms with Crippen LogP contribution in [0.15, 0.2) is 36.4 Å². The number of hydrogen-bond acceptors (Lipinski definition) is 2. The van der Waals surface area contributed by atoms with E-state index in [0.29, 0.717) is 16.9 Å². The second kappa shape index (κ2) is 5.10. The number of halogens is 1. The minimum Gasteiger partial charge on any atom is -0.397 e. The van der Waals surface area contributed by atoms with Crippen LogP contribution in [-0.4, -0.2) is 5.91 Å². The molecule has 0 fully saturated rings. The first-order valence-corrected chi connectivity index (χ1v) is 5.91. The van der Waals surface area contributed by atoms with E-state index in [9.17, 15) is 9.18 Å². The van der Waals surface area contributed by atoms with Crippen LogP contribution in [0.3, 0.4) is 0 Å². The SMILES string of the molecule is Cc1ccc(C(=O)Nc2c(C)cccc2N)cc1F. The van der Waals surface area contributed by atoms with Gasteiger partial charge < -0.3 is 11.1 Å². The van der Waals surface area contributed by atoms with Gasteiger partial charge in [0.15, 0.2) is 0 Å². The summed E-state index contributed by atoms with van der Waals surface area (Å²) in [5.41, 5.74) is 8.50. The largest absolute Gasteiger partial charge is 0.397 e. The van der Waals surface area contributed by atoms with Crippen LogP contribution in [0, 0.1) is 19.7 Å². The highest BCUT2D eigenvalue weighted by molar-refractivity contribution is 6.06. The van der Waals surface area contributed by atoms with Crippen molar-refractivity contribution < 1.29 is 9.18 Å². The first-order chi connectivity index (χ1) is 8.99. The van der Waals surface area contributed by atoms with Gasteiger partial charge in [0.2, 0.25) is 0 Å². The number of rotatable bonds is 2. The van der Waals surface area contributed by atoms with Crippen LogP contribution in [0.4, 0.5) is 15.8 Å². The molecule has 0 atom stereocenters. The van der Waals surface area contributed by atoms with E-state index in [0.717, 1.165) is 5.56 Å². The minimum atomic E-state index is -0.398. The van der Waals surface area contributed by atoms with E-state index < -0.39 is 5.82 Å². The number of para-hydroxylation sites is 1. The Morgan fingerprint density at radius 3 is 2.53 bits per heavy atom. The van der Waals surface area contributed by atoms with Gasteiger partial charge in [-0.25, -0.2) is 4.39 Å². The maximum absolute atomic E-state index is 13.4. The molecule has 0 unspecified atom stereocenters.